The molecule has 0 spiro atoms. The number of ether oxygens (including phenoxy) is 2. The van der Waals surface area contributed by atoms with E-state index in [-0.39, 0.29) is 12.3 Å². The molecule has 0 aliphatic carbocycles. The topological polar surface area (TPSA) is 85.9 Å². The Morgan fingerprint density at radius 2 is 2.37 bits per heavy atom. The first-order chi connectivity index (χ1) is 9.17. The third-order valence-electron chi connectivity index (χ3n) is 3.19. The van der Waals surface area contributed by atoms with Crippen LogP contribution in [-0.2, 0) is 9.47 Å². The van der Waals surface area contributed by atoms with Crippen molar-refractivity contribution in [2.75, 3.05) is 31.4 Å². The Morgan fingerprint density at radius 1 is 1.58 bits per heavy atom. The van der Waals surface area contributed by atoms with Crippen LogP contribution in [0.5, 0.6) is 0 Å². The normalized spacial score (nSPS) is 22.4. The lowest BCUT2D eigenvalue weighted by molar-refractivity contribution is -0.000719. The minimum Gasteiger partial charge on any atom is -0.382 e. The van der Waals surface area contributed by atoms with Crippen LogP contribution in [0.15, 0.2) is 11.3 Å². The molecule has 2 rings (SSSR count). The molecular weight excluding hydrogens is 246 g/mol. The molecule has 0 aromatic carbocycles. The summed E-state index contributed by atoms with van der Waals surface area (Å²) in [5, 5.41) is 0. The van der Waals surface area contributed by atoms with Crippen LogP contribution in [0.2, 0.25) is 0 Å². The Balaban J connectivity index is 2.14. The highest BCUT2D eigenvalue weighted by molar-refractivity contribution is 5.74. The fourth-order valence-corrected chi connectivity index (χ4v) is 2.21. The molecule has 0 bridgehead atoms. The number of rotatable bonds is 5. The van der Waals surface area contributed by atoms with Gasteiger partial charge in [0.25, 0.3) is 0 Å². The zero-order valence-electron chi connectivity index (χ0n) is 11.2. The van der Waals surface area contributed by atoms with E-state index in [0.717, 1.165) is 12.8 Å². The number of methoxy groups -OCH3 is 1. The van der Waals surface area contributed by atoms with Crippen molar-refractivity contribution in [2.45, 2.75) is 25.2 Å². The van der Waals surface area contributed by atoms with Gasteiger partial charge in [-0.3, -0.25) is 4.99 Å². The van der Waals surface area contributed by atoms with Gasteiger partial charge in [0.15, 0.2) is 11.6 Å². The Kier molecular flexibility index (Phi) is 4.28. The first-order valence-corrected chi connectivity index (χ1v) is 6.11. The highest BCUT2D eigenvalue weighted by Crippen LogP contribution is 2.33. The maximum absolute atomic E-state index is 5.90. The summed E-state index contributed by atoms with van der Waals surface area (Å²) in [6.07, 6.45) is 3.34. The Bertz CT molecular complexity index is 454. The Labute approximate surface area is 112 Å². The second-order valence-corrected chi connectivity index (χ2v) is 4.45. The highest BCUT2D eigenvalue weighted by atomic mass is 16.5. The fourth-order valence-electron chi connectivity index (χ4n) is 2.21. The summed E-state index contributed by atoms with van der Waals surface area (Å²) in [4.78, 5) is 13.9. The maximum atomic E-state index is 5.90. The van der Waals surface area contributed by atoms with Crippen molar-refractivity contribution in [3.05, 3.63) is 6.33 Å². The van der Waals surface area contributed by atoms with Gasteiger partial charge in [-0.1, -0.05) is 0 Å². The van der Waals surface area contributed by atoms with Gasteiger partial charge in [-0.15, -0.1) is 0 Å². The van der Waals surface area contributed by atoms with Crippen molar-refractivity contribution in [2.24, 2.45) is 4.99 Å². The first-order valence-electron chi connectivity index (χ1n) is 6.11. The van der Waals surface area contributed by atoms with E-state index in [1.54, 1.807) is 7.11 Å². The summed E-state index contributed by atoms with van der Waals surface area (Å²) < 4.78 is 11.0. The van der Waals surface area contributed by atoms with Crippen molar-refractivity contribution < 1.29 is 9.47 Å². The van der Waals surface area contributed by atoms with Gasteiger partial charge >= 0.3 is 0 Å². The quantitative estimate of drug-likeness (QED) is 0.799. The minimum atomic E-state index is -0.0602. The van der Waals surface area contributed by atoms with Gasteiger partial charge in [-0.2, -0.15) is 0 Å². The average molecular weight is 265 g/mol. The number of anilines is 2. The standard InChI is InChI=1S/C12H19N5O2/c1-14-10-11(13)15-7-16-12(10)17(2)9-5-4-8(19-9)6-18-3/h7-9H,1,4-6H2,2-3H3,(H2,13,15,16). The van der Waals surface area contributed by atoms with Crippen LogP contribution < -0.4 is 10.6 Å². The largest absolute Gasteiger partial charge is 0.382 e. The monoisotopic (exact) mass is 265 g/mol. The lowest BCUT2D eigenvalue weighted by Gasteiger charge is -2.26. The molecule has 19 heavy (non-hydrogen) atoms. The molecule has 104 valence electrons. The third-order valence-corrected chi connectivity index (χ3v) is 3.19. The molecule has 2 N–H and O–H groups in total. The number of hydrogen-bond acceptors (Lipinski definition) is 7. The van der Waals surface area contributed by atoms with Crippen LogP contribution >= 0.6 is 0 Å². The molecule has 0 radical (unpaired) electrons. The lowest BCUT2D eigenvalue weighted by atomic mass is 10.2. The van der Waals surface area contributed by atoms with E-state index < -0.39 is 0 Å². The van der Waals surface area contributed by atoms with Gasteiger partial charge < -0.3 is 20.1 Å². The summed E-state index contributed by atoms with van der Waals surface area (Å²) in [6, 6.07) is 0. The second-order valence-electron chi connectivity index (χ2n) is 4.45. The van der Waals surface area contributed by atoms with E-state index in [1.807, 2.05) is 11.9 Å². The molecule has 1 saturated heterocycles. The summed E-state index contributed by atoms with van der Waals surface area (Å²) >= 11 is 0. The van der Waals surface area contributed by atoms with E-state index in [9.17, 15) is 0 Å². The molecule has 2 unspecified atom stereocenters. The lowest BCUT2D eigenvalue weighted by Crippen LogP contribution is -2.33. The van der Waals surface area contributed by atoms with Crippen molar-refractivity contribution in [1.82, 2.24) is 9.97 Å². The number of nitrogens with two attached hydrogens (primary N) is 1. The average Bonchev–Trinajstić information content (AvgIpc) is 2.86. The molecule has 7 heteroatoms. The van der Waals surface area contributed by atoms with Gasteiger partial charge in [0.1, 0.15) is 18.2 Å². The minimum absolute atomic E-state index is 0.0602. The van der Waals surface area contributed by atoms with Crippen LogP contribution in [0, 0.1) is 0 Å². The molecule has 7 nitrogen and oxygen atoms in total. The number of hydrogen-bond donors (Lipinski definition) is 1. The molecule has 2 atom stereocenters. The molecule has 1 aromatic heterocycles. The van der Waals surface area contributed by atoms with Crippen molar-refractivity contribution >= 4 is 24.0 Å². The zero-order valence-corrected chi connectivity index (χ0v) is 11.2. The van der Waals surface area contributed by atoms with Gasteiger partial charge in [-0.05, 0) is 19.6 Å². The number of nitrogens with zero attached hydrogens (tertiary/aromatic N) is 4. The van der Waals surface area contributed by atoms with Gasteiger partial charge in [-0.25, -0.2) is 9.97 Å². The van der Waals surface area contributed by atoms with Gasteiger partial charge in [0, 0.05) is 14.2 Å². The van der Waals surface area contributed by atoms with Crippen LogP contribution in [0.4, 0.5) is 17.3 Å². The smallest absolute Gasteiger partial charge is 0.161 e. The van der Waals surface area contributed by atoms with E-state index >= 15 is 0 Å². The SMILES string of the molecule is C=Nc1c(N)ncnc1N(C)C1CCC(COC)O1. The molecule has 2 heterocycles. The number of aliphatic imine (C=N–C) groups is 1. The predicted octanol–water partition coefficient (Wildman–Crippen LogP) is 0.979. The second kappa shape index (κ2) is 5.94. The van der Waals surface area contributed by atoms with Crippen LogP contribution in [-0.4, -0.2) is 49.8 Å². The Hall–Kier alpha value is -1.73. The van der Waals surface area contributed by atoms with Crippen molar-refractivity contribution in [1.29, 1.82) is 0 Å². The van der Waals surface area contributed by atoms with Gasteiger partial charge in [0.05, 0.1) is 12.7 Å². The Morgan fingerprint density at radius 3 is 3.05 bits per heavy atom. The molecule has 0 amide bonds. The van der Waals surface area contributed by atoms with Crippen LogP contribution in [0.25, 0.3) is 0 Å². The summed E-state index contributed by atoms with van der Waals surface area (Å²) in [6.45, 7) is 4.11. The van der Waals surface area contributed by atoms with E-state index in [2.05, 4.69) is 21.7 Å². The summed E-state index contributed by atoms with van der Waals surface area (Å²) in [7, 11) is 3.57. The predicted molar refractivity (Wildman–Crippen MR) is 73.8 cm³/mol. The third kappa shape index (κ3) is 2.82. The number of aromatic nitrogens is 2. The van der Waals surface area contributed by atoms with Crippen molar-refractivity contribution in [3.8, 4) is 0 Å². The summed E-state index contributed by atoms with van der Waals surface area (Å²) in [5.74, 6) is 0.948. The molecule has 1 aliphatic heterocycles. The van der Waals surface area contributed by atoms with E-state index in [1.165, 1.54) is 6.33 Å². The zero-order chi connectivity index (χ0) is 13.8. The van der Waals surface area contributed by atoms with Crippen LogP contribution in [0.3, 0.4) is 0 Å². The van der Waals surface area contributed by atoms with Crippen molar-refractivity contribution in [3.63, 3.8) is 0 Å². The molecule has 1 aromatic rings. The molecule has 0 saturated carbocycles. The maximum Gasteiger partial charge on any atom is 0.161 e. The van der Waals surface area contributed by atoms with Gasteiger partial charge in [0.2, 0.25) is 0 Å². The molecule has 1 aliphatic rings. The fraction of sp³-hybridized carbons (Fsp3) is 0.583. The molecular formula is C12H19N5O2. The molecule has 1 fully saturated rings. The first kappa shape index (κ1) is 13.7. The van der Waals surface area contributed by atoms with E-state index in [0.29, 0.717) is 23.9 Å². The summed E-state index contributed by atoms with van der Waals surface area (Å²) in [5.41, 5.74) is 6.26. The van der Waals surface area contributed by atoms with E-state index in [4.69, 9.17) is 15.2 Å². The van der Waals surface area contributed by atoms with Crippen LogP contribution in [0.1, 0.15) is 12.8 Å². The highest BCUT2D eigenvalue weighted by Gasteiger charge is 2.30. The number of nitrogen functional groups attached to an aromatic ring is 1.